The highest BCUT2D eigenvalue weighted by Gasteiger charge is 2.25. The van der Waals surface area contributed by atoms with Crippen LogP contribution in [0.15, 0.2) is 0 Å². The van der Waals surface area contributed by atoms with Crippen molar-refractivity contribution in [3.8, 4) is 6.07 Å². The van der Waals surface area contributed by atoms with Crippen LogP contribution < -0.4 is 0 Å². The lowest BCUT2D eigenvalue weighted by Gasteiger charge is -2.38. The van der Waals surface area contributed by atoms with Gasteiger partial charge in [0.15, 0.2) is 0 Å². The molecule has 74 valence electrons. The van der Waals surface area contributed by atoms with Crippen molar-refractivity contribution in [3.05, 3.63) is 0 Å². The summed E-state index contributed by atoms with van der Waals surface area (Å²) in [5.74, 6) is 0.733. The topological polar surface area (TPSA) is 27.0 Å². The molecule has 0 saturated carbocycles. The summed E-state index contributed by atoms with van der Waals surface area (Å²) in [5, 5.41) is 8.26. The molecule has 0 radical (unpaired) electrons. The Morgan fingerprint density at radius 3 is 2.92 bits per heavy atom. The van der Waals surface area contributed by atoms with Crippen molar-refractivity contribution in [1.29, 1.82) is 5.26 Å². The standard InChI is InChI=1S/C10H17ClN2/c1-8-4-3-5-13(9(8)2)7-10(11)6-12/h8-10H,3-5,7H2,1-2H3. The highest BCUT2D eigenvalue weighted by Crippen LogP contribution is 2.23. The minimum absolute atomic E-state index is 0.354. The van der Waals surface area contributed by atoms with Crippen molar-refractivity contribution in [2.24, 2.45) is 5.92 Å². The Bertz CT molecular complexity index is 200. The number of nitriles is 1. The quantitative estimate of drug-likeness (QED) is 0.640. The zero-order valence-corrected chi connectivity index (χ0v) is 9.09. The van der Waals surface area contributed by atoms with Gasteiger partial charge in [-0.2, -0.15) is 5.26 Å². The molecule has 3 atom stereocenters. The molecule has 0 aromatic rings. The second-order valence-corrected chi connectivity index (χ2v) is 4.48. The fraction of sp³-hybridized carbons (Fsp3) is 0.900. The molecular formula is C10H17ClN2. The smallest absolute Gasteiger partial charge is 0.133 e. The summed E-state index contributed by atoms with van der Waals surface area (Å²) < 4.78 is 0. The molecule has 3 unspecified atom stereocenters. The van der Waals surface area contributed by atoms with Gasteiger partial charge >= 0.3 is 0 Å². The van der Waals surface area contributed by atoms with E-state index in [9.17, 15) is 0 Å². The van der Waals surface area contributed by atoms with Gasteiger partial charge < -0.3 is 0 Å². The number of likely N-dealkylation sites (tertiary alicyclic amines) is 1. The fourth-order valence-corrected chi connectivity index (χ4v) is 2.10. The van der Waals surface area contributed by atoms with Crippen LogP contribution in [0, 0.1) is 17.2 Å². The first kappa shape index (κ1) is 10.8. The molecule has 1 fully saturated rings. The molecule has 0 amide bonds. The van der Waals surface area contributed by atoms with Gasteiger partial charge in [-0.25, -0.2) is 0 Å². The third kappa shape index (κ3) is 2.86. The van der Waals surface area contributed by atoms with E-state index < -0.39 is 0 Å². The first-order valence-electron chi connectivity index (χ1n) is 4.93. The van der Waals surface area contributed by atoms with Crippen molar-refractivity contribution in [3.63, 3.8) is 0 Å². The average molecular weight is 201 g/mol. The van der Waals surface area contributed by atoms with E-state index >= 15 is 0 Å². The maximum Gasteiger partial charge on any atom is 0.133 e. The van der Waals surface area contributed by atoms with Gasteiger partial charge in [0.2, 0.25) is 0 Å². The van der Waals surface area contributed by atoms with Crippen LogP contribution in [0.3, 0.4) is 0 Å². The zero-order valence-electron chi connectivity index (χ0n) is 8.33. The first-order chi connectivity index (χ1) is 6.15. The summed E-state index contributed by atoms with van der Waals surface area (Å²) >= 11 is 5.81. The van der Waals surface area contributed by atoms with E-state index in [-0.39, 0.29) is 5.38 Å². The van der Waals surface area contributed by atoms with Crippen LogP contribution in [0.2, 0.25) is 0 Å². The molecule has 1 saturated heterocycles. The Kier molecular flexibility index (Phi) is 4.02. The van der Waals surface area contributed by atoms with E-state index in [0.717, 1.165) is 12.5 Å². The third-order valence-electron chi connectivity index (χ3n) is 3.04. The largest absolute Gasteiger partial charge is 0.298 e. The SMILES string of the molecule is CC1CCCN(CC(Cl)C#N)C1C. The molecular weight excluding hydrogens is 184 g/mol. The van der Waals surface area contributed by atoms with E-state index in [1.54, 1.807) is 0 Å². The lowest BCUT2D eigenvalue weighted by molar-refractivity contribution is 0.117. The minimum Gasteiger partial charge on any atom is -0.298 e. The fourth-order valence-electron chi connectivity index (χ4n) is 1.93. The Morgan fingerprint density at radius 1 is 1.62 bits per heavy atom. The molecule has 2 nitrogen and oxygen atoms in total. The summed E-state index contributed by atoms with van der Waals surface area (Å²) in [6.45, 7) is 6.30. The lowest BCUT2D eigenvalue weighted by atomic mass is 9.92. The highest BCUT2D eigenvalue weighted by atomic mass is 35.5. The van der Waals surface area contributed by atoms with Crippen LogP contribution in [0.25, 0.3) is 0 Å². The molecule has 1 aliphatic heterocycles. The number of hydrogen-bond acceptors (Lipinski definition) is 2. The first-order valence-corrected chi connectivity index (χ1v) is 5.36. The summed E-state index contributed by atoms with van der Waals surface area (Å²) in [4.78, 5) is 2.33. The van der Waals surface area contributed by atoms with Crippen LogP contribution in [-0.2, 0) is 0 Å². The molecule has 0 bridgehead atoms. The van der Waals surface area contributed by atoms with Gasteiger partial charge in [0, 0.05) is 12.6 Å². The molecule has 1 rings (SSSR count). The molecule has 0 N–H and O–H groups in total. The van der Waals surface area contributed by atoms with Gasteiger partial charge in [-0.15, -0.1) is 11.6 Å². The monoisotopic (exact) mass is 200 g/mol. The van der Waals surface area contributed by atoms with Crippen molar-refractivity contribution in [2.75, 3.05) is 13.1 Å². The van der Waals surface area contributed by atoms with Crippen LogP contribution in [0.5, 0.6) is 0 Å². The molecule has 3 heteroatoms. The molecule has 0 aliphatic carbocycles. The van der Waals surface area contributed by atoms with Gasteiger partial charge in [0.1, 0.15) is 5.38 Å². The summed E-state index contributed by atoms with van der Waals surface area (Å²) in [6.07, 6.45) is 2.54. The molecule has 1 heterocycles. The summed E-state index contributed by atoms with van der Waals surface area (Å²) in [5.41, 5.74) is 0. The van der Waals surface area contributed by atoms with E-state index in [2.05, 4.69) is 24.8 Å². The molecule has 1 aliphatic rings. The van der Waals surface area contributed by atoms with Crippen molar-refractivity contribution in [2.45, 2.75) is 38.1 Å². The van der Waals surface area contributed by atoms with Crippen LogP contribution >= 0.6 is 11.6 Å². The van der Waals surface area contributed by atoms with E-state index in [0.29, 0.717) is 12.6 Å². The predicted molar refractivity (Wildman–Crippen MR) is 54.7 cm³/mol. The number of alkyl halides is 1. The minimum atomic E-state index is -0.354. The second-order valence-electron chi connectivity index (χ2n) is 3.95. The van der Waals surface area contributed by atoms with Gasteiger partial charge in [-0.1, -0.05) is 6.92 Å². The molecule has 0 spiro atoms. The van der Waals surface area contributed by atoms with Crippen molar-refractivity contribution >= 4 is 11.6 Å². The number of halogens is 1. The zero-order chi connectivity index (χ0) is 9.84. The molecule has 13 heavy (non-hydrogen) atoms. The predicted octanol–water partition coefficient (Wildman–Crippen LogP) is 2.24. The van der Waals surface area contributed by atoms with E-state index in [1.165, 1.54) is 12.8 Å². The second kappa shape index (κ2) is 4.83. The van der Waals surface area contributed by atoms with E-state index in [1.807, 2.05) is 0 Å². The van der Waals surface area contributed by atoms with Crippen LogP contribution in [0.1, 0.15) is 26.7 Å². The van der Waals surface area contributed by atoms with Gasteiger partial charge in [0.05, 0.1) is 6.07 Å². The number of hydrogen-bond donors (Lipinski definition) is 0. The Labute approximate surface area is 85.5 Å². The normalized spacial score (nSPS) is 32.5. The summed E-state index contributed by atoms with van der Waals surface area (Å²) in [6, 6.07) is 2.64. The summed E-state index contributed by atoms with van der Waals surface area (Å²) in [7, 11) is 0. The highest BCUT2D eigenvalue weighted by molar-refractivity contribution is 6.22. The Balaban J connectivity index is 2.45. The van der Waals surface area contributed by atoms with Crippen LogP contribution in [-0.4, -0.2) is 29.4 Å². The molecule has 0 aromatic carbocycles. The van der Waals surface area contributed by atoms with Crippen LogP contribution in [0.4, 0.5) is 0 Å². The number of nitrogens with zero attached hydrogens (tertiary/aromatic N) is 2. The van der Waals surface area contributed by atoms with Gasteiger partial charge in [-0.05, 0) is 32.2 Å². The lowest BCUT2D eigenvalue weighted by Crippen LogP contribution is -2.44. The number of piperidine rings is 1. The Hall–Kier alpha value is -0.260. The van der Waals surface area contributed by atoms with Crippen molar-refractivity contribution < 1.29 is 0 Å². The number of rotatable bonds is 2. The van der Waals surface area contributed by atoms with E-state index in [4.69, 9.17) is 16.9 Å². The molecule has 0 aromatic heterocycles. The van der Waals surface area contributed by atoms with Gasteiger partial charge in [-0.3, -0.25) is 4.90 Å². The third-order valence-corrected chi connectivity index (χ3v) is 3.27. The Morgan fingerprint density at radius 2 is 2.31 bits per heavy atom. The maximum atomic E-state index is 8.61. The maximum absolute atomic E-state index is 8.61. The van der Waals surface area contributed by atoms with Gasteiger partial charge in [0.25, 0.3) is 0 Å². The average Bonchev–Trinajstić information content (AvgIpc) is 2.13. The van der Waals surface area contributed by atoms with Crippen molar-refractivity contribution in [1.82, 2.24) is 4.90 Å².